The Morgan fingerprint density at radius 3 is 2.38 bits per heavy atom. The second-order valence-electron chi connectivity index (χ2n) is 5.99. The van der Waals surface area contributed by atoms with E-state index in [1.807, 2.05) is 30.7 Å². The minimum absolute atomic E-state index is 0.234. The van der Waals surface area contributed by atoms with Gasteiger partial charge in [0.25, 0.3) is 5.56 Å². The molecule has 0 fully saturated rings. The quantitative estimate of drug-likeness (QED) is 0.649. The predicted octanol–water partition coefficient (Wildman–Crippen LogP) is 3.37. The van der Waals surface area contributed by atoms with E-state index in [0.29, 0.717) is 16.2 Å². The molecule has 0 aliphatic carbocycles. The number of rotatable bonds is 4. The summed E-state index contributed by atoms with van der Waals surface area (Å²) in [5.74, 6) is -2.04. The zero-order valence-corrected chi connectivity index (χ0v) is 15.3. The molecule has 0 radical (unpaired) electrons. The summed E-state index contributed by atoms with van der Waals surface area (Å²) in [6.45, 7) is 5.80. The summed E-state index contributed by atoms with van der Waals surface area (Å²) in [5, 5.41) is 20.3. The van der Waals surface area contributed by atoms with Crippen molar-refractivity contribution in [3.8, 4) is 5.75 Å². The molecule has 0 bridgehead atoms. The molecular weight excluding hydrogens is 358 g/mol. The highest BCUT2D eigenvalue weighted by Gasteiger charge is 2.22. The summed E-state index contributed by atoms with van der Waals surface area (Å²) in [6.07, 6.45) is 0. The van der Waals surface area contributed by atoms with Crippen molar-refractivity contribution >= 4 is 34.2 Å². The number of carboxylic acid groups (broad SMARTS) is 1. The van der Waals surface area contributed by atoms with Crippen LogP contribution >= 0.6 is 11.6 Å². The molecule has 136 valence electrons. The lowest BCUT2D eigenvalue weighted by atomic mass is 10.1. The number of carboxylic acids is 1. The third-order valence-corrected chi connectivity index (χ3v) is 4.67. The van der Waals surface area contributed by atoms with E-state index in [9.17, 15) is 19.8 Å². The van der Waals surface area contributed by atoms with Gasteiger partial charge < -0.3 is 14.8 Å². The standard InChI is InChI=1S/C18H18ClN3O4/c1-4-21-14-8-12(19)13(20-22-9(2)5-6-10(22)3)7-11(14)16(23)15(17(21)24)18(25)26/h5-8,20,23H,4H2,1-3H3,(H,25,26). The summed E-state index contributed by atoms with van der Waals surface area (Å²) in [5.41, 5.74) is 4.49. The normalized spacial score (nSPS) is 11.1. The molecule has 3 N–H and O–H groups in total. The molecule has 2 aromatic heterocycles. The first kappa shape index (κ1) is 17.9. The molecule has 0 saturated carbocycles. The first-order valence-electron chi connectivity index (χ1n) is 8.00. The summed E-state index contributed by atoms with van der Waals surface area (Å²) in [6, 6.07) is 6.96. The van der Waals surface area contributed by atoms with E-state index in [1.54, 1.807) is 19.1 Å². The number of benzene rings is 1. The number of aryl methyl sites for hydroxylation is 3. The van der Waals surface area contributed by atoms with Gasteiger partial charge in [0, 0.05) is 23.3 Å². The third-order valence-electron chi connectivity index (χ3n) is 4.36. The summed E-state index contributed by atoms with van der Waals surface area (Å²) < 4.78 is 3.10. The molecule has 2 heterocycles. The molecule has 1 aromatic carbocycles. The number of carbonyl (C=O) groups is 1. The van der Waals surface area contributed by atoms with Crippen molar-refractivity contribution in [2.75, 3.05) is 5.43 Å². The van der Waals surface area contributed by atoms with Gasteiger partial charge in [0.05, 0.1) is 16.2 Å². The SMILES string of the molecule is CCn1c(=O)c(C(=O)O)c(O)c2cc(Nn3c(C)ccc3C)c(Cl)cc21. The van der Waals surface area contributed by atoms with Crippen LogP contribution in [0.5, 0.6) is 5.75 Å². The number of aromatic carboxylic acids is 1. The minimum Gasteiger partial charge on any atom is -0.506 e. The summed E-state index contributed by atoms with van der Waals surface area (Å²) in [7, 11) is 0. The van der Waals surface area contributed by atoms with Gasteiger partial charge in [-0.25, -0.2) is 4.79 Å². The van der Waals surface area contributed by atoms with Crippen LogP contribution in [-0.4, -0.2) is 25.4 Å². The van der Waals surface area contributed by atoms with Crippen LogP contribution in [0.25, 0.3) is 10.9 Å². The Hall–Kier alpha value is -2.93. The molecule has 0 aliphatic rings. The molecular formula is C18H18ClN3O4. The fourth-order valence-corrected chi connectivity index (χ4v) is 3.21. The second-order valence-corrected chi connectivity index (χ2v) is 6.40. The lowest BCUT2D eigenvalue weighted by Gasteiger charge is -2.17. The van der Waals surface area contributed by atoms with Gasteiger partial charge in [-0.3, -0.25) is 14.9 Å². The van der Waals surface area contributed by atoms with Crippen LogP contribution in [0, 0.1) is 13.8 Å². The van der Waals surface area contributed by atoms with Crippen molar-refractivity contribution in [1.82, 2.24) is 9.24 Å². The van der Waals surface area contributed by atoms with Crippen molar-refractivity contribution in [3.63, 3.8) is 0 Å². The lowest BCUT2D eigenvalue weighted by Crippen LogP contribution is -2.26. The van der Waals surface area contributed by atoms with Crippen molar-refractivity contribution in [1.29, 1.82) is 0 Å². The van der Waals surface area contributed by atoms with E-state index >= 15 is 0 Å². The van der Waals surface area contributed by atoms with E-state index in [1.165, 1.54) is 4.57 Å². The Morgan fingerprint density at radius 1 is 1.23 bits per heavy atom. The smallest absolute Gasteiger partial charge is 0.345 e. The number of fused-ring (bicyclic) bond motifs is 1. The molecule has 0 saturated heterocycles. The maximum atomic E-state index is 12.4. The molecule has 3 rings (SSSR count). The number of hydrogen-bond donors (Lipinski definition) is 3. The maximum absolute atomic E-state index is 12.4. The van der Waals surface area contributed by atoms with Crippen LogP contribution in [0.1, 0.15) is 28.7 Å². The van der Waals surface area contributed by atoms with E-state index in [2.05, 4.69) is 5.43 Å². The zero-order valence-electron chi connectivity index (χ0n) is 14.5. The number of halogens is 1. The first-order chi connectivity index (χ1) is 12.3. The van der Waals surface area contributed by atoms with Crippen LogP contribution in [0.2, 0.25) is 5.02 Å². The zero-order chi connectivity index (χ0) is 19.2. The number of aromatic nitrogens is 2. The van der Waals surface area contributed by atoms with Crippen molar-refractivity contribution in [3.05, 3.63) is 56.6 Å². The van der Waals surface area contributed by atoms with E-state index in [4.69, 9.17) is 11.6 Å². The molecule has 0 aliphatic heterocycles. The fourth-order valence-electron chi connectivity index (χ4n) is 3.01. The first-order valence-corrected chi connectivity index (χ1v) is 8.38. The van der Waals surface area contributed by atoms with Crippen LogP contribution in [0.4, 0.5) is 5.69 Å². The molecule has 0 unspecified atom stereocenters. The number of anilines is 1. The Labute approximate surface area is 154 Å². The minimum atomic E-state index is -1.47. The van der Waals surface area contributed by atoms with Crippen LogP contribution < -0.4 is 11.0 Å². The maximum Gasteiger partial charge on any atom is 0.345 e. The topological polar surface area (TPSA) is 96.5 Å². The summed E-state index contributed by atoms with van der Waals surface area (Å²) in [4.78, 5) is 23.8. The van der Waals surface area contributed by atoms with Gasteiger partial charge >= 0.3 is 5.97 Å². The molecule has 0 atom stereocenters. The van der Waals surface area contributed by atoms with E-state index < -0.39 is 22.8 Å². The highest BCUT2D eigenvalue weighted by atomic mass is 35.5. The van der Waals surface area contributed by atoms with Gasteiger partial charge in [0.1, 0.15) is 5.75 Å². The predicted molar refractivity (Wildman–Crippen MR) is 100 cm³/mol. The van der Waals surface area contributed by atoms with Gasteiger partial charge in [-0.1, -0.05) is 11.6 Å². The highest BCUT2D eigenvalue weighted by Crippen LogP contribution is 2.34. The molecule has 0 spiro atoms. The Morgan fingerprint density at radius 2 is 1.85 bits per heavy atom. The van der Waals surface area contributed by atoms with Gasteiger partial charge in [-0.05, 0) is 45.0 Å². The van der Waals surface area contributed by atoms with Crippen LogP contribution in [0.3, 0.4) is 0 Å². The molecule has 0 amide bonds. The average Bonchev–Trinajstić information content (AvgIpc) is 2.88. The van der Waals surface area contributed by atoms with Gasteiger partial charge in [0.2, 0.25) is 0 Å². The lowest BCUT2D eigenvalue weighted by molar-refractivity contribution is 0.0691. The number of nitrogens with one attached hydrogen (secondary N) is 1. The average molecular weight is 376 g/mol. The van der Waals surface area contributed by atoms with E-state index in [0.717, 1.165) is 11.4 Å². The number of aromatic hydroxyl groups is 1. The number of nitrogens with zero attached hydrogens (tertiary/aromatic N) is 2. The van der Waals surface area contributed by atoms with Gasteiger partial charge in [-0.15, -0.1) is 0 Å². The number of hydrogen-bond acceptors (Lipinski definition) is 4. The molecule has 8 heteroatoms. The highest BCUT2D eigenvalue weighted by molar-refractivity contribution is 6.34. The van der Waals surface area contributed by atoms with Crippen molar-refractivity contribution < 1.29 is 15.0 Å². The number of pyridine rings is 1. The molecule has 7 nitrogen and oxygen atoms in total. The molecule has 26 heavy (non-hydrogen) atoms. The second kappa shape index (κ2) is 6.42. The monoisotopic (exact) mass is 375 g/mol. The summed E-state index contributed by atoms with van der Waals surface area (Å²) >= 11 is 6.37. The Kier molecular flexibility index (Phi) is 4.41. The van der Waals surface area contributed by atoms with E-state index in [-0.39, 0.29) is 11.9 Å². The van der Waals surface area contributed by atoms with Gasteiger partial charge in [0.15, 0.2) is 5.56 Å². The third kappa shape index (κ3) is 2.70. The van der Waals surface area contributed by atoms with Crippen LogP contribution in [-0.2, 0) is 6.54 Å². The van der Waals surface area contributed by atoms with Crippen molar-refractivity contribution in [2.45, 2.75) is 27.3 Å². The van der Waals surface area contributed by atoms with Gasteiger partial charge in [-0.2, -0.15) is 0 Å². The largest absolute Gasteiger partial charge is 0.506 e. The Bertz CT molecular complexity index is 1080. The van der Waals surface area contributed by atoms with Crippen LogP contribution in [0.15, 0.2) is 29.1 Å². The fraction of sp³-hybridized carbons (Fsp3) is 0.222. The molecule has 3 aromatic rings. The Balaban J connectivity index is 2.31. The van der Waals surface area contributed by atoms with Crippen molar-refractivity contribution in [2.24, 2.45) is 0 Å².